The summed E-state index contributed by atoms with van der Waals surface area (Å²) in [6.07, 6.45) is -1.70. The third kappa shape index (κ3) is 4.02. The summed E-state index contributed by atoms with van der Waals surface area (Å²) in [7, 11) is 0. The molecule has 4 rings (SSSR count). The first-order valence-electron chi connectivity index (χ1n) is 8.65. The van der Waals surface area contributed by atoms with Crippen molar-refractivity contribution in [1.82, 2.24) is 14.5 Å². The Bertz CT molecular complexity index is 1240. The molecule has 30 heavy (non-hydrogen) atoms. The van der Waals surface area contributed by atoms with E-state index in [0.717, 1.165) is 12.1 Å². The van der Waals surface area contributed by atoms with Gasteiger partial charge >= 0.3 is 12.2 Å². The fourth-order valence-electron chi connectivity index (χ4n) is 2.85. The van der Waals surface area contributed by atoms with Crippen LogP contribution in [0.5, 0.6) is 11.6 Å². The van der Waals surface area contributed by atoms with Gasteiger partial charge in [-0.15, -0.1) is 0 Å². The summed E-state index contributed by atoms with van der Waals surface area (Å²) in [5.41, 5.74) is 5.34. The van der Waals surface area contributed by atoms with Crippen molar-refractivity contribution in [2.24, 2.45) is 0 Å². The van der Waals surface area contributed by atoms with Crippen molar-refractivity contribution in [3.63, 3.8) is 0 Å². The number of ether oxygens (including phenoxy) is 1. The minimum absolute atomic E-state index is 0.0398. The van der Waals surface area contributed by atoms with Gasteiger partial charge in [-0.2, -0.15) is 13.2 Å². The number of hydrogen-bond acceptors (Lipinski definition) is 5. The predicted octanol–water partition coefficient (Wildman–Crippen LogP) is 4.90. The van der Waals surface area contributed by atoms with Gasteiger partial charge in [-0.25, -0.2) is 14.8 Å². The normalized spacial score (nSPS) is 11.4. The molecule has 0 radical (unpaired) electrons. The minimum atomic E-state index is -4.49. The van der Waals surface area contributed by atoms with Gasteiger partial charge in [0.05, 0.1) is 11.1 Å². The number of nitrogen functional groups attached to an aromatic ring is 1. The Kier molecular flexibility index (Phi) is 4.74. The highest BCUT2D eigenvalue weighted by atomic mass is 19.4. The van der Waals surface area contributed by atoms with E-state index >= 15 is 0 Å². The van der Waals surface area contributed by atoms with E-state index in [1.54, 1.807) is 24.3 Å². The number of rotatable bonds is 3. The van der Waals surface area contributed by atoms with Crippen molar-refractivity contribution < 1.29 is 22.7 Å². The largest absolute Gasteiger partial charge is 0.439 e. The van der Waals surface area contributed by atoms with Gasteiger partial charge in [0.15, 0.2) is 0 Å². The molecule has 1 amide bonds. The lowest BCUT2D eigenvalue weighted by Crippen LogP contribution is -2.18. The molecule has 0 aliphatic heterocycles. The van der Waals surface area contributed by atoms with Crippen LogP contribution in [-0.2, 0) is 6.18 Å². The molecule has 2 aromatic heterocycles. The maximum Gasteiger partial charge on any atom is 0.416 e. The van der Waals surface area contributed by atoms with Crippen LogP contribution in [0.25, 0.3) is 10.9 Å². The second kappa shape index (κ2) is 7.39. The molecule has 0 saturated heterocycles. The number of amides is 1. The summed E-state index contributed by atoms with van der Waals surface area (Å²) in [6, 6.07) is 12.0. The SMILES string of the molecule is Nc1cc(Oc2ccc3c(ccn3C(=O)Nc3cccc(C(F)(F)F)c3)c2)ncn1. The molecule has 3 N–H and O–H groups in total. The van der Waals surface area contributed by atoms with Crippen LogP contribution in [0.15, 0.2) is 67.1 Å². The highest BCUT2D eigenvalue weighted by Gasteiger charge is 2.30. The zero-order valence-electron chi connectivity index (χ0n) is 15.2. The fourth-order valence-corrected chi connectivity index (χ4v) is 2.85. The number of benzene rings is 2. The van der Waals surface area contributed by atoms with Crippen LogP contribution < -0.4 is 15.8 Å². The molecule has 0 aliphatic rings. The van der Waals surface area contributed by atoms with Gasteiger partial charge in [-0.1, -0.05) is 6.07 Å². The summed E-state index contributed by atoms with van der Waals surface area (Å²) in [6.45, 7) is 0. The van der Waals surface area contributed by atoms with Gasteiger partial charge in [-0.05, 0) is 42.5 Å². The summed E-state index contributed by atoms with van der Waals surface area (Å²) in [4.78, 5) is 20.3. The molecule has 0 saturated carbocycles. The Labute approximate surface area is 167 Å². The molecule has 2 aromatic carbocycles. The number of carbonyl (C=O) groups excluding carboxylic acids is 1. The molecule has 10 heteroatoms. The lowest BCUT2D eigenvalue weighted by Gasteiger charge is -2.11. The van der Waals surface area contributed by atoms with E-state index < -0.39 is 17.8 Å². The molecular formula is C20H14F3N5O2. The zero-order valence-corrected chi connectivity index (χ0v) is 15.2. The molecule has 0 spiro atoms. The second-order valence-corrected chi connectivity index (χ2v) is 6.30. The molecule has 0 fully saturated rings. The van der Waals surface area contributed by atoms with Crippen LogP contribution >= 0.6 is 0 Å². The van der Waals surface area contributed by atoms with Crippen LogP contribution in [0.3, 0.4) is 0 Å². The monoisotopic (exact) mass is 413 g/mol. The van der Waals surface area contributed by atoms with Crippen molar-refractivity contribution in [1.29, 1.82) is 0 Å². The van der Waals surface area contributed by atoms with Crippen LogP contribution in [-0.4, -0.2) is 20.6 Å². The Morgan fingerprint density at radius 1 is 1.07 bits per heavy atom. The van der Waals surface area contributed by atoms with Crippen LogP contribution in [0.1, 0.15) is 5.56 Å². The number of fused-ring (bicyclic) bond motifs is 1. The van der Waals surface area contributed by atoms with Gasteiger partial charge in [0, 0.05) is 23.3 Å². The van der Waals surface area contributed by atoms with E-state index in [0.29, 0.717) is 16.7 Å². The summed E-state index contributed by atoms with van der Waals surface area (Å²) >= 11 is 0. The summed E-state index contributed by atoms with van der Waals surface area (Å²) in [5, 5.41) is 3.16. The van der Waals surface area contributed by atoms with Gasteiger partial charge in [0.25, 0.3) is 0 Å². The Morgan fingerprint density at radius 3 is 2.67 bits per heavy atom. The van der Waals surface area contributed by atoms with Gasteiger partial charge in [-0.3, -0.25) is 4.57 Å². The highest BCUT2D eigenvalue weighted by molar-refractivity contribution is 5.98. The first kappa shape index (κ1) is 19.2. The van der Waals surface area contributed by atoms with Crippen molar-refractivity contribution in [2.75, 3.05) is 11.1 Å². The number of anilines is 2. The number of nitrogens with one attached hydrogen (secondary N) is 1. The smallest absolute Gasteiger partial charge is 0.416 e. The minimum Gasteiger partial charge on any atom is -0.439 e. The van der Waals surface area contributed by atoms with Gasteiger partial charge in [0.2, 0.25) is 5.88 Å². The van der Waals surface area contributed by atoms with Crippen molar-refractivity contribution >= 4 is 28.4 Å². The molecule has 0 unspecified atom stereocenters. The topological polar surface area (TPSA) is 95.1 Å². The summed E-state index contributed by atoms with van der Waals surface area (Å²) < 4.78 is 45.5. The fraction of sp³-hybridized carbons (Fsp3) is 0.0500. The number of carbonyl (C=O) groups is 1. The Morgan fingerprint density at radius 2 is 1.90 bits per heavy atom. The molecular weight excluding hydrogens is 399 g/mol. The molecule has 152 valence electrons. The number of halogens is 3. The first-order valence-corrected chi connectivity index (χ1v) is 8.65. The molecule has 7 nitrogen and oxygen atoms in total. The Hall–Kier alpha value is -4.08. The maximum atomic E-state index is 12.9. The van der Waals surface area contributed by atoms with E-state index in [4.69, 9.17) is 10.5 Å². The van der Waals surface area contributed by atoms with E-state index in [1.165, 1.54) is 35.3 Å². The third-order valence-electron chi connectivity index (χ3n) is 4.21. The van der Waals surface area contributed by atoms with E-state index in [1.807, 2.05) is 0 Å². The lowest BCUT2D eigenvalue weighted by molar-refractivity contribution is -0.137. The molecule has 0 atom stereocenters. The predicted molar refractivity (Wildman–Crippen MR) is 104 cm³/mol. The molecule has 2 heterocycles. The van der Waals surface area contributed by atoms with Crippen molar-refractivity contribution in [3.05, 3.63) is 72.7 Å². The maximum absolute atomic E-state index is 12.9. The summed E-state index contributed by atoms with van der Waals surface area (Å²) in [5.74, 6) is 0.999. The van der Waals surface area contributed by atoms with E-state index in [2.05, 4.69) is 15.3 Å². The Balaban J connectivity index is 1.55. The van der Waals surface area contributed by atoms with Crippen LogP contribution in [0, 0.1) is 0 Å². The third-order valence-corrected chi connectivity index (χ3v) is 4.21. The molecule has 4 aromatic rings. The first-order chi connectivity index (χ1) is 14.3. The number of hydrogen-bond donors (Lipinski definition) is 2. The number of alkyl halides is 3. The number of aromatic nitrogens is 3. The average Bonchev–Trinajstić information content (AvgIpc) is 3.11. The highest BCUT2D eigenvalue weighted by Crippen LogP contribution is 2.31. The average molecular weight is 413 g/mol. The van der Waals surface area contributed by atoms with E-state index in [9.17, 15) is 18.0 Å². The number of nitrogens with zero attached hydrogens (tertiary/aromatic N) is 3. The van der Waals surface area contributed by atoms with E-state index in [-0.39, 0.29) is 17.4 Å². The second-order valence-electron chi connectivity index (χ2n) is 6.30. The standard InChI is InChI=1S/C20H14F3N5O2/c21-20(22,23)13-2-1-3-14(9-13)27-19(29)28-7-6-12-8-15(4-5-16(12)28)30-18-10-17(24)25-11-26-18/h1-11H,(H,27,29)(H2,24,25,26). The zero-order chi connectivity index (χ0) is 21.3. The van der Waals surface area contributed by atoms with Crippen LogP contribution in [0.2, 0.25) is 0 Å². The van der Waals surface area contributed by atoms with Gasteiger partial charge < -0.3 is 15.8 Å². The quantitative estimate of drug-likeness (QED) is 0.498. The molecule has 0 bridgehead atoms. The van der Waals surface area contributed by atoms with Crippen molar-refractivity contribution in [2.45, 2.75) is 6.18 Å². The lowest BCUT2D eigenvalue weighted by atomic mass is 10.2. The van der Waals surface area contributed by atoms with Crippen LogP contribution in [0.4, 0.5) is 29.5 Å². The number of nitrogens with two attached hydrogens (primary N) is 1. The van der Waals surface area contributed by atoms with Crippen molar-refractivity contribution in [3.8, 4) is 11.6 Å². The molecule has 0 aliphatic carbocycles. The van der Waals surface area contributed by atoms with Gasteiger partial charge in [0.1, 0.15) is 17.9 Å².